The van der Waals surface area contributed by atoms with Crippen molar-refractivity contribution in [1.82, 2.24) is 0 Å². The second kappa shape index (κ2) is 15.6. The average molecular weight is 538 g/mol. The van der Waals surface area contributed by atoms with Gasteiger partial charge >= 0.3 is 0 Å². The number of aromatic nitrogens is 1. The predicted octanol–water partition coefficient (Wildman–Crippen LogP) is 7.54. The molecular formula is C32H45N2O3S+. The Balaban J connectivity index is 1.75. The molecule has 0 spiro atoms. The van der Waals surface area contributed by atoms with Crippen LogP contribution in [0.5, 0.6) is 0 Å². The molecule has 3 aromatic rings. The molecule has 0 amide bonds. The average Bonchev–Trinajstić information content (AvgIpc) is 2.91. The van der Waals surface area contributed by atoms with Crippen LogP contribution in [0.3, 0.4) is 0 Å². The Morgan fingerprint density at radius 1 is 0.763 bits per heavy atom. The molecule has 0 bridgehead atoms. The molecule has 0 saturated heterocycles. The van der Waals surface area contributed by atoms with Gasteiger partial charge in [-0.2, -0.15) is 13.0 Å². The summed E-state index contributed by atoms with van der Waals surface area (Å²) in [4.78, 5) is 2.55. The van der Waals surface area contributed by atoms with Gasteiger partial charge in [0.15, 0.2) is 6.54 Å². The number of anilines is 1. The Morgan fingerprint density at radius 3 is 2.05 bits per heavy atom. The van der Waals surface area contributed by atoms with Gasteiger partial charge in [-0.25, -0.2) is 0 Å². The van der Waals surface area contributed by atoms with Crippen LogP contribution in [0.1, 0.15) is 82.9 Å². The molecule has 0 aliphatic carbocycles. The lowest BCUT2D eigenvalue weighted by Crippen LogP contribution is -2.38. The molecule has 2 aromatic carbocycles. The largest absolute Gasteiger partial charge is 0.372 e. The van der Waals surface area contributed by atoms with Gasteiger partial charge in [-0.05, 0) is 48.7 Å². The first-order chi connectivity index (χ1) is 18.4. The van der Waals surface area contributed by atoms with Crippen LogP contribution >= 0.6 is 0 Å². The van der Waals surface area contributed by atoms with Crippen LogP contribution in [0.25, 0.3) is 23.1 Å². The number of unbranched alkanes of at least 4 members (excludes halogenated alkanes) is 6. The van der Waals surface area contributed by atoms with Crippen LogP contribution in [0.4, 0.5) is 5.69 Å². The maximum absolute atomic E-state index is 11.3. The standard InChI is InChI=1S/C32H44N2O3S/c1-3-5-7-11-24-33(25-12-8-6-4-2)30-20-16-28(17-21-30)18-22-31-23-19-29-14-9-10-15-32(29)34(31)26-13-27-38(35,36)37/h9-10,14-23H,3-8,11-13,24-27H2,1-2H3/p+1. The third-order valence-electron chi connectivity index (χ3n) is 7.02. The van der Waals surface area contributed by atoms with Crippen molar-refractivity contribution < 1.29 is 17.5 Å². The smallest absolute Gasteiger partial charge is 0.265 e. The van der Waals surface area contributed by atoms with Crippen LogP contribution in [0.15, 0.2) is 60.7 Å². The highest BCUT2D eigenvalue weighted by Gasteiger charge is 2.15. The van der Waals surface area contributed by atoms with E-state index in [-0.39, 0.29) is 5.75 Å². The molecule has 3 rings (SSSR count). The molecule has 1 N–H and O–H groups in total. The highest BCUT2D eigenvalue weighted by molar-refractivity contribution is 7.85. The normalized spacial score (nSPS) is 12.0. The van der Waals surface area contributed by atoms with Crippen molar-refractivity contribution in [3.05, 3.63) is 71.9 Å². The Morgan fingerprint density at radius 2 is 1.42 bits per heavy atom. The lowest BCUT2D eigenvalue weighted by atomic mass is 10.1. The summed E-state index contributed by atoms with van der Waals surface area (Å²) in [6, 6.07) is 21.1. The van der Waals surface area contributed by atoms with E-state index in [9.17, 15) is 13.0 Å². The lowest BCUT2D eigenvalue weighted by Gasteiger charge is -2.25. The summed E-state index contributed by atoms with van der Waals surface area (Å²) < 4.78 is 33.8. The Kier molecular flexibility index (Phi) is 12.3. The first-order valence-corrected chi connectivity index (χ1v) is 15.9. The molecule has 0 aliphatic rings. The lowest BCUT2D eigenvalue weighted by molar-refractivity contribution is -0.673. The Hall–Kier alpha value is -2.70. The Bertz CT molecular complexity index is 1240. The van der Waals surface area contributed by atoms with Gasteiger partial charge in [-0.1, -0.05) is 76.6 Å². The minimum atomic E-state index is -3.98. The van der Waals surface area contributed by atoms with Gasteiger partial charge < -0.3 is 4.90 Å². The number of hydrogen-bond donors (Lipinski definition) is 1. The molecule has 1 heterocycles. The van der Waals surface area contributed by atoms with E-state index in [0.717, 1.165) is 35.2 Å². The molecule has 0 fully saturated rings. The van der Waals surface area contributed by atoms with E-state index in [4.69, 9.17) is 0 Å². The van der Waals surface area contributed by atoms with E-state index >= 15 is 0 Å². The first kappa shape index (κ1) is 29.9. The number of hydrogen-bond acceptors (Lipinski definition) is 3. The quantitative estimate of drug-likeness (QED) is 0.110. The van der Waals surface area contributed by atoms with Gasteiger partial charge in [0.2, 0.25) is 11.2 Å². The van der Waals surface area contributed by atoms with E-state index < -0.39 is 10.1 Å². The van der Waals surface area contributed by atoms with Crippen LogP contribution in [-0.4, -0.2) is 31.8 Å². The summed E-state index contributed by atoms with van der Waals surface area (Å²) in [5, 5.41) is 1.10. The molecule has 206 valence electrons. The SMILES string of the molecule is CCCCCCN(CCCCCC)c1ccc(/C=C/c2ccc3ccccc3[n+]2CCCS(=O)(=O)O)cc1. The van der Waals surface area contributed by atoms with Crippen LogP contribution in [0.2, 0.25) is 0 Å². The van der Waals surface area contributed by atoms with Crippen molar-refractivity contribution in [1.29, 1.82) is 0 Å². The van der Waals surface area contributed by atoms with E-state index in [1.807, 2.05) is 18.2 Å². The third-order valence-corrected chi connectivity index (χ3v) is 7.83. The van der Waals surface area contributed by atoms with E-state index in [0.29, 0.717) is 13.0 Å². The number of nitrogens with zero attached hydrogens (tertiary/aromatic N) is 2. The van der Waals surface area contributed by atoms with Gasteiger partial charge in [-0.15, -0.1) is 0 Å². The summed E-state index contributed by atoms with van der Waals surface area (Å²) >= 11 is 0. The number of rotatable bonds is 17. The molecule has 1 aromatic heterocycles. The van der Waals surface area contributed by atoms with Crippen molar-refractivity contribution in [2.45, 2.75) is 78.2 Å². The van der Waals surface area contributed by atoms with Crippen molar-refractivity contribution in [3.63, 3.8) is 0 Å². The predicted molar refractivity (Wildman–Crippen MR) is 161 cm³/mol. The maximum Gasteiger partial charge on any atom is 0.265 e. The van der Waals surface area contributed by atoms with Gasteiger partial charge in [-0.3, -0.25) is 4.55 Å². The number of aryl methyl sites for hydroxylation is 1. The van der Waals surface area contributed by atoms with Gasteiger partial charge in [0.05, 0.1) is 5.75 Å². The van der Waals surface area contributed by atoms with Crippen LogP contribution < -0.4 is 9.47 Å². The molecule has 0 radical (unpaired) electrons. The van der Waals surface area contributed by atoms with Gasteiger partial charge in [0.25, 0.3) is 10.1 Å². The van der Waals surface area contributed by atoms with E-state index in [1.54, 1.807) is 0 Å². The molecule has 0 saturated carbocycles. The highest BCUT2D eigenvalue weighted by atomic mass is 32.2. The van der Waals surface area contributed by atoms with Gasteiger partial charge in [0, 0.05) is 48.8 Å². The molecule has 38 heavy (non-hydrogen) atoms. The van der Waals surface area contributed by atoms with Crippen LogP contribution in [0, 0.1) is 0 Å². The molecule has 0 unspecified atom stereocenters. The molecule has 0 atom stereocenters. The minimum Gasteiger partial charge on any atom is -0.372 e. The Labute approximate surface area is 230 Å². The van der Waals surface area contributed by atoms with Crippen molar-refractivity contribution in [3.8, 4) is 0 Å². The third kappa shape index (κ3) is 9.88. The summed E-state index contributed by atoms with van der Waals surface area (Å²) in [5.74, 6) is -0.249. The summed E-state index contributed by atoms with van der Waals surface area (Å²) in [6.45, 7) is 7.25. The topological polar surface area (TPSA) is 61.5 Å². The first-order valence-electron chi connectivity index (χ1n) is 14.3. The fraction of sp³-hybridized carbons (Fsp3) is 0.469. The second-order valence-electron chi connectivity index (χ2n) is 10.1. The van der Waals surface area contributed by atoms with Crippen molar-refractivity contribution in [2.75, 3.05) is 23.7 Å². The maximum atomic E-state index is 11.3. The number of para-hydroxylation sites is 1. The minimum absolute atomic E-state index is 0.249. The monoisotopic (exact) mass is 537 g/mol. The summed E-state index contributed by atoms with van der Waals surface area (Å²) in [5.41, 5.74) is 4.46. The molecule has 0 aliphatic heterocycles. The van der Waals surface area contributed by atoms with Crippen molar-refractivity contribution >= 4 is 38.9 Å². The number of fused-ring (bicyclic) bond motifs is 1. The molecule has 6 heteroatoms. The second-order valence-corrected chi connectivity index (χ2v) is 11.7. The molecular weight excluding hydrogens is 492 g/mol. The summed E-state index contributed by atoms with van der Waals surface area (Å²) in [6.07, 6.45) is 14.7. The summed E-state index contributed by atoms with van der Waals surface area (Å²) in [7, 11) is -3.98. The van der Waals surface area contributed by atoms with Gasteiger partial charge in [0.1, 0.15) is 0 Å². The zero-order chi connectivity index (χ0) is 27.2. The van der Waals surface area contributed by atoms with E-state index in [1.165, 1.54) is 57.1 Å². The fourth-order valence-electron chi connectivity index (χ4n) is 4.89. The zero-order valence-corrected chi connectivity index (χ0v) is 24.0. The number of pyridine rings is 1. The highest BCUT2D eigenvalue weighted by Crippen LogP contribution is 2.20. The molecule has 5 nitrogen and oxygen atoms in total. The fourth-order valence-corrected chi connectivity index (χ4v) is 5.38. The van der Waals surface area contributed by atoms with Crippen molar-refractivity contribution in [2.24, 2.45) is 0 Å². The zero-order valence-electron chi connectivity index (χ0n) is 23.2. The number of benzene rings is 2. The van der Waals surface area contributed by atoms with Crippen LogP contribution in [-0.2, 0) is 16.7 Å². The van der Waals surface area contributed by atoms with E-state index in [2.05, 4.69) is 77.9 Å².